The lowest BCUT2D eigenvalue weighted by atomic mass is 9.84. The summed E-state index contributed by atoms with van der Waals surface area (Å²) in [6.07, 6.45) is 0. The summed E-state index contributed by atoms with van der Waals surface area (Å²) in [5.41, 5.74) is 23.5. The molecule has 3 heteroatoms. The standard InChI is InChI=1S/C96H57NO2/c1-3-21-58(22-4-1)67-48-68(50-69(49-67)96-79-37-15-13-35-77(79)95(78-36-14-16-38-80(78)96)65-42-45-89-83(54-65)85-51-60-23-7-8-24-61(60)56-91(85)98-89)59-25-19-26-62(47-59)71-39-20-27-63-52-86-84-55-66(43-46-90(84)99-92(86)57-81(63)71)94-75-33-11-9-31-73(75)93(74-32-10-12-34-76(74)94)64-41-44-88-82(53-64)72-30-17-18-40-87(72)97(88)70-28-5-2-6-29-70/h1-57H. The Labute approximate surface area is 569 Å². The van der Waals surface area contributed by atoms with E-state index in [9.17, 15) is 0 Å². The fourth-order valence-corrected chi connectivity index (χ4v) is 16.7. The van der Waals surface area contributed by atoms with Gasteiger partial charge in [0.2, 0.25) is 0 Å². The van der Waals surface area contributed by atoms with Crippen LogP contribution in [0.2, 0.25) is 0 Å². The maximum atomic E-state index is 6.92. The largest absolute Gasteiger partial charge is 0.456 e. The SMILES string of the molecule is c1ccc(-c2cc(-c3cccc(-c4cccc5cc6c(cc45)oc4ccc(-c5c7ccccc7c(-c7ccc8c(c7)c7ccccc7n8-c7ccccc7)c7ccccc57)cc46)c3)cc(-c3c4ccccc4c(-c4ccc5oc6cc7ccccc7cc6c5c4)c4ccccc34)c2)cc1. The molecule has 99 heavy (non-hydrogen) atoms. The number of aromatic nitrogens is 1. The van der Waals surface area contributed by atoms with E-state index in [1.807, 2.05) is 0 Å². The Morgan fingerprint density at radius 2 is 0.556 bits per heavy atom. The zero-order valence-corrected chi connectivity index (χ0v) is 53.7. The maximum Gasteiger partial charge on any atom is 0.136 e. The molecule has 0 saturated carbocycles. The molecule has 21 aromatic rings. The molecule has 0 bridgehead atoms. The van der Waals surface area contributed by atoms with Gasteiger partial charge in [-0.2, -0.15) is 0 Å². The van der Waals surface area contributed by atoms with E-state index in [4.69, 9.17) is 8.83 Å². The average molecular weight is 1260 g/mol. The van der Waals surface area contributed by atoms with Crippen LogP contribution in [0.15, 0.2) is 355 Å². The predicted molar refractivity (Wildman–Crippen MR) is 418 cm³/mol. The maximum absolute atomic E-state index is 6.92. The molecule has 3 nitrogen and oxygen atoms in total. The van der Waals surface area contributed by atoms with Crippen LogP contribution in [0.4, 0.5) is 0 Å². The molecule has 0 atom stereocenters. The van der Waals surface area contributed by atoms with Crippen molar-refractivity contribution in [1.82, 2.24) is 4.57 Å². The van der Waals surface area contributed by atoms with E-state index in [1.165, 1.54) is 109 Å². The van der Waals surface area contributed by atoms with Gasteiger partial charge in [0.25, 0.3) is 0 Å². The predicted octanol–water partition coefficient (Wildman–Crippen LogP) is 27.2. The molecule has 3 heterocycles. The van der Waals surface area contributed by atoms with E-state index in [1.54, 1.807) is 0 Å². The first kappa shape index (κ1) is 55.2. The van der Waals surface area contributed by atoms with Gasteiger partial charge in [-0.25, -0.2) is 0 Å². The Hall–Kier alpha value is -13.1. The Kier molecular flexibility index (Phi) is 12.1. The van der Waals surface area contributed by atoms with E-state index in [0.717, 1.165) is 105 Å². The van der Waals surface area contributed by atoms with E-state index in [-0.39, 0.29) is 0 Å². The number of furan rings is 2. The third kappa shape index (κ3) is 8.64. The first-order chi connectivity index (χ1) is 49.1. The number of benzene rings is 18. The molecule has 458 valence electrons. The number of hydrogen-bond donors (Lipinski definition) is 0. The zero-order valence-electron chi connectivity index (χ0n) is 53.7. The highest BCUT2D eigenvalue weighted by atomic mass is 16.3. The first-order valence-corrected chi connectivity index (χ1v) is 34.1. The minimum atomic E-state index is 0.863. The fourth-order valence-electron chi connectivity index (χ4n) is 16.7. The van der Waals surface area contributed by atoms with Crippen LogP contribution in [0.5, 0.6) is 0 Å². The summed E-state index contributed by atoms with van der Waals surface area (Å²) in [5, 5.41) is 21.3. The normalized spacial score (nSPS) is 12.0. The highest BCUT2D eigenvalue weighted by molar-refractivity contribution is 6.25. The second-order valence-corrected chi connectivity index (χ2v) is 26.5. The van der Waals surface area contributed by atoms with Gasteiger partial charge in [-0.05, 0) is 246 Å². The zero-order chi connectivity index (χ0) is 64.8. The Morgan fingerprint density at radius 1 is 0.172 bits per heavy atom. The molecule has 3 aromatic heterocycles. The van der Waals surface area contributed by atoms with Crippen molar-refractivity contribution in [1.29, 1.82) is 0 Å². The lowest BCUT2D eigenvalue weighted by molar-refractivity contribution is 0.669. The van der Waals surface area contributed by atoms with Gasteiger partial charge in [0, 0.05) is 38.0 Å². The number of rotatable bonds is 8. The van der Waals surface area contributed by atoms with Crippen molar-refractivity contribution in [3.05, 3.63) is 346 Å². The molecule has 0 aliphatic heterocycles. The van der Waals surface area contributed by atoms with Crippen LogP contribution >= 0.6 is 0 Å². The molecule has 18 aromatic carbocycles. The fraction of sp³-hybridized carbons (Fsp3) is 0. The Balaban J connectivity index is 0.676. The van der Waals surface area contributed by atoms with Gasteiger partial charge in [-0.3, -0.25) is 0 Å². The lowest BCUT2D eigenvalue weighted by Gasteiger charge is -2.19. The van der Waals surface area contributed by atoms with Gasteiger partial charge in [-0.1, -0.05) is 243 Å². The van der Waals surface area contributed by atoms with Crippen LogP contribution in [0.3, 0.4) is 0 Å². The van der Waals surface area contributed by atoms with Gasteiger partial charge >= 0.3 is 0 Å². The van der Waals surface area contributed by atoms with Crippen molar-refractivity contribution >= 4 is 130 Å². The van der Waals surface area contributed by atoms with Crippen LogP contribution in [0.25, 0.3) is 214 Å². The molecule has 0 N–H and O–H groups in total. The third-order valence-electron chi connectivity index (χ3n) is 21.1. The van der Waals surface area contributed by atoms with Crippen molar-refractivity contribution < 1.29 is 8.83 Å². The summed E-state index contributed by atoms with van der Waals surface area (Å²) in [6, 6.07) is 127. The van der Waals surface area contributed by atoms with Crippen LogP contribution in [0, 0.1) is 0 Å². The summed E-state index contributed by atoms with van der Waals surface area (Å²) >= 11 is 0. The second kappa shape index (κ2) is 21.7. The van der Waals surface area contributed by atoms with E-state index < -0.39 is 0 Å². The van der Waals surface area contributed by atoms with Crippen LogP contribution in [0.1, 0.15) is 0 Å². The van der Waals surface area contributed by atoms with Gasteiger partial charge < -0.3 is 13.4 Å². The number of nitrogens with zero attached hydrogens (tertiary/aromatic N) is 1. The molecule has 0 unspecified atom stereocenters. The van der Waals surface area contributed by atoms with Crippen molar-refractivity contribution in [3.63, 3.8) is 0 Å². The van der Waals surface area contributed by atoms with Crippen LogP contribution in [-0.4, -0.2) is 4.57 Å². The Bertz CT molecular complexity index is 6850. The minimum absolute atomic E-state index is 0.863. The average Bonchev–Trinajstić information content (AvgIpc) is 1.60. The number of hydrogen-bond acceptors (Lipinski definition) is 2. The summed E-state index contributed by atoms with van der Waals surface area (Å²) in [6.45, 7) is 0. The summed E-state index contributed by atoms with van der Waals surface area (Å²) in [5.74, 6) is 0. The molecule has 0 saturated heterocycles. The third-order valence-corrected chi connectivity index (χ3v) is 21.1. The van der Waals surface area contributed by atoms with E-state index in [2.05, 4.69) is 350 Å². The van der Waals surface area contributed by atoms with Crippen LogP contribution < -0.4 is 0 Å². The molecule has 0 spiro atoms. The highest BCUT2D eigenvalue weighted by Gasteiger charge is 2.24. The summed E-state index contributed by atoms with van der Waals surface area (Å²) < 4.78 is 15.9. The molecular formula is C96H57NO2. The smallest absolute Gasteiger partial charge is 0.136 e. The van der Waals surface area contributed by atoms with Crippen molar-refractivity contribution in [3.8, 4) is 83.6 Å². The van der Waals surface area contributed by atoms with Gasteiger partial charge in [-0.15, -0.1) is 0 Å². The summed E-state index contributed by atoms with van der Waals surface area (Å²) in [7, 11) is 0. The minimum Gasteiger partial charge on any atom is -0.456 e. The monoisotopic (exact) mass is 1260 g/mol. The van der Waals surface area contributed by atoms with Gasteiger partial charge in [0.05, 0.1) is 11.0 Å². The number of fused-ring (bicyclic) bond motifs is 15. The highest BCUT2D eigenvalue weighted by Crippen LogP contribution is 2.50. The lowest BCUT2D eigenvalue weighted by Crippen LogP contribution is -1.93. The van der Waals surface area contributed by atoms with Crippen molar-refractivity contribution in [2.75, 3.05) is 0 Å². The van der Waals surface area contributed by atoms with Gasteiger partial charge in [0.15, 0.2) is 0 Å². The number of para-hydroxylation sites is 2. The van der Waals surface area contributed by atoms with E-state index in [0.29, 0.717) is 0 Å². The topological polar surface area (TPSA) is 31.2 Å². The summed E-state index contributed by atoms with van der Waals surface area (Å²) in [4.78, 5) is 0. The first-order valence-electron chi connectivity index (χ1n) is 34.1. The molecule has 0 aliphatic carbocycles. The molecule has 0 radical (unpaired) electrons. The molecule has 0 fully saturated rings. The van der Waals surface area contributed by atoms with Gasteiger partial charge in [0.1, 0.15) is 22.3 Å². The Morgan fingerprint density at radius 3 is 1.14 bits per heavy atom. The van der Waals surface area contributed by atoms with Crippen molar-refractivity contribution in [2.24, 2.45) is 0 Å². The van der Waals surface area contributed by atoms with E-state index >= 15 is 0 Å². The molecule has 0 aliphatic rings. The second-order valence-electron chi connectivity index (χ2n) is 26.5. The van der Waals surface area contributed by atoms with Crippen LogP contribution in [-0.2, 0) is 0 Å². The van der Waals surface area contributed by atoms with Crippen molar-refractivity contribution in [2.45, 2.75) is 0 Å². The molecular weight excluding hydrogens is 1200 g/mol. The quantitative estimate of drug-likeness (QED) is 0.142. The molecule has 0 amide bonds. The molecule has 21 rings (SSSR count).